The molecule has 104 valence electrons. The summed E-state index contributed by atoms with van der Waals surface area (Å²) in [7, 11) is 0. The van der Waals surface area contributed by atoms with Gasteiger partial charge >= 0.3 is 0 Å². The van der Waals surface area contributed by atoms with E-state index in [-0.39, 0.29) is 6.10 Å². The highest BCUT2D eigenvalue weighted by molar-refractivity contribution is 5.94. The molecule has 1 aliphatic rings. The van der Waals surface area contributed by atoms with Crippen molar-refractivity contribution < 1.29 is 22.7 Å². The van der Waals surface area contributed by atoms with E-state index in [9.17, 15) is 18.0 Å². The second-order valence-corrected chi connectivity index (χ2v) is 4.27. The molecule has 1 fully saturated rings. The Bertz CT molecular complexity index is 496. The molecule has 7 heteroatoms. The topological polar surface area (TPSA) is 64.4 Å². The number of amides is 1. The number of nitrogens with one attached hydrogen (secondary N) is 1. The van der Waals surface area contributed by atoms with Gasteiger partial charge in [0.2, 0.25) is 0 Å². The maximum atomic E-state index is 13.4. The van der Waals surface area contributed by atoms with Crippen LogP contribution >= 0.6 is 0 Å². The van der Waals surface area contributed by atoms with E-state index in [4.69, 9.17) is 10.5 Å². The van der Waals surface area contributed by atoms with Crippen LogP contribution in [0.15, 0.2) is 12.1 Å². The minimum atomic E-state index is -1.62. The first kappa shape index (κ1) is 13.8. The normalized spacial score (nSPS) is 22.5. The van der Waals surface area contributed by atoms with Gasteiger partial charge in [-0.3, -0.25) is 4.79 Å². The lowest BCUT2D eigenvalue weighted by Gasteiger charge is -2.13. The van der Waals surface area contributed by atoms with Crippen molar-refractivity contribution in [1.82, 2.24) is 0 Å². The summed E-state index contributed by atoms with van der Waals surface area (Å²) in [6, 6.07) is 1.70. The van der Waals surface area contributed by atoms with Gasteiger partial charge in [-0.25, -0.2) is 13.2 Å². The fraction of sp³-hybridized carbons (Fsp3) is 0.417. The predicted octanol–water partition coefficient (Wildman–Crippen LogP) is 1.55. The number of ether oxygens (including phenoxy) is 1. The Kier molecular flexibility index (Phi) is 4.06. The molecule has 1 aliphatic heterocycles. The second-order valence-electron chi connectivity index (χ2n) is 4.27. The molecular formula is C12H13F3N2O2. The molecule has 1 aromatic rings. The van der Waals surface area contributed by atoms with Crippen molar-refractivity contribution in [3.8, 4) is 0 Å². The Morgan fingerprint density at radius 1 is 1.32 bits per heavy atom. The van der Waals surface area contributed by atoms with Crippen LogP contribution in [0.2, 0.25) is 0 Å². The molecule has 19 heavy (non-hydrogen) atoms. The van der Waals surface area contributed by atoms with Crippen molar-refractivity contribution in [2.45, 2.75) is 25.0 Å². The van der Waals surface area contributed by atoms with Gasteiger partial charge in [0.05, 0.1) is 11.8 Å². The maximum absolute atomic E-state index is 13.4. The van der Waals surface area contributed by atoms with Crippen LogP contribution in [-0.4, -0.2) is 24.7 Å². The summed E-state index contributed by atoms with van der Waals surface area (Å²) in [5, 5.41) is 2.18. The van der Waals surface area contributed by atoms with Gasteiger partial charge in [-0.15, -0.1) is 0 Å². The average Bonchev–Trinajstić information content (AvgIpc) is 2.88. The summed E-state index contributed by atoms with van der Waals surface area (Å²) >= 11 is 0. The number of benzene rings is 1. The third-order valence-corrected chi connectivity index (χ3v) is 2.96. The zero-order valence-corrected chi connectivity index (χ0v) is 9.96. The lowest BCUT2D eigenvalue weighted by molar-refractivity contribution is -0.126. The average molecular weight is 274 g/mol. The smallest absolute Gasteiger partial charge is 0.253 e. The zero-order chi connectivity index (χ0) is 14.0. The van der Waals surface area contributed by atoms with E-state index in [2.05, 4.69) is 5.32 Å². The van der Waals surface area contributed by atoms with E-state index in [0.717, 1.165) is 12.1 Å². The van der Waals surface area contributed by atoms with E-state index >= 15 is 0 Å². The van der Waals surface area contributed by atoms with Crippen molar-refractivity contribution >= 4 is 11.6 Å². The molecule has 0 radical (unpaired) electrons. The van der Waals surface area contributed by atoms with Gasteiger partial charge in [0.1, 0.15) is 6.10 Å². The van der Waals surface area contributed by atoms with Crippen LogP contribution in [0.1, 0.15) is 12.8 Å². The van der Waals surface area contributed by atoms with Crippen LogP contribution in [0.3, 0.4) is 0 Å². The Hall–Kier alpha value is -1.60. The minimum Gasteiger partial charge on any atom is -0.364 e. The third kappa shape index (κ3) is 2.87. The van der Waals surface area contributed by atoms with Gasteiger partial charge in [0.15, 0.2) is 17.5 Å². The minimum absolute atomic E-state index is 0.203. The third-order valence-electron chi connectivity index (χ3n) is 2.96. The molecule has 0 spiro atoms. The number of hydrogen-bond donors (Lipinski definition) is 2. The van der Waals surface area contributed by atoms with Crippen LogP contribution in [0, 0.1) is 17.5 Å². The lowest BCUT2D eigenvalue weighted by Crippen LogP contribution is -2.30. The van der Waals surface area contributed by atoms with Gasteiger partial charge in [0.25, 0.3) is 5.91 Å². The molecule has 1 heterocycles. The molecule has 2 atom stereocenters. The summed E-state index contributed by atoms with van der Waals surface area (Å²) in [4.78, 5) is 11.8. The summed E-state index contributed by atoms with van der Waals surface area (Å²) in [6.07, 6.45) is 0.139. The molecule has 0 aliphatic carbocycles. The molecule has 1 saturated heterocycles. The number of hydrogen-bond acceptors (Lipinski definition) is 3. The first-order valence-electron chi connectivity index (χ1n) is 5.82. The number of rotatable bonds is 3. The van der Waals surface area contributed by atoms with Crippen LogP contribution in [0.4, 0.5) is 18.9 Å². The van der Waals surface area contributed by atoms with Crippen LogP contribution in [-0.2, 0) is 9.53 Å². The van der Waals surface area contributed by atoms with E-state index < -0.39 is 35.2 Å². The quantitative estimate of drug-likeness (QED) is 0.822. The van der Waals surface area contributed by atoms with E-state index in [1.807, 2.05) is 0 Å². The van der Waals surface area contributed by atoms with Gasteiger partial charge in [-0.2, -0.15) is 0 Å². The van der Waals surface area contributed by atoms with Crippen LogP contribution in [0.25, 0.3) is 0 Å². The summed E-state index contributed by atoms with van der Waals surface area (Å²) in [5.74, 6) is -4.96. The van der Waals surface area contributed by atoms with E-state index in [1.54, 1.807) is 0 Å². The number of halogens is 3. The highest BCUT2D eigenvalue weighted by Gasteiger charge is 2.30. The van der Waals surface area contributed by atoms with Gasteiger partial charge in [-0.1, -0.05) is 0 Å². The predicted molar refractivity (Wildman–Crippen MR) is 61.9 cm³/mol. The Morgan fingerprint density at radius 3 is 2.68 bits per heavy atom. The first-order chi connectivity index (χ1) is 9.02. The van der Waals surface area contributed by atoms with Gasteiger partial charge < -0.3 is 15.8 Å². The van der Waals surface area contributed by atoms with E-state index in [1.165, 1.54) is 0 Å². The number of anilines is 1. The summed E-state index contributed by atoms with van der Waals surface area (Å²) in [6.45, 7) is 0.295. The van der Waals surface area contributed by atoms with Crippen LogP contribution < -0.4 is 11.1 Å². The van der Waals surface area contributed by atoms with Crippen molar-refractivity contribution in [3.63, 3.8) is 0 Å². The van der Waals surface area contributed by atoms with Gasteiger partial charge in [0, 0.05) is 6.54 Å². The molecule has 4 nitrogen and oxygen atoms in total. The Balaban J connectivity index is 2.06. The lowest BCUT2D eigenvalue weighted by atomic mass is 10.2. The molecule has 2 rings (SSSR count). The highest BCUT2D eigenvalue weighted by Crippen LogP contribution is 2.23. The molecule has 3 N–H and O–H groups in total. The molecule has 1 amide bonds. The molecule has 1 aromatic carbocycles. The second kappa shape index (κ2) is 5.58. The van der Waals surface area contributed by atoms with Crippen molar-refractivity contribution in [3.05, 3.63) is 29.6 Å². The van der Waals surface area contributed by atoms with Gasteiger partial charge in [-0.05, 0) is 25.0 Å². The van der Waals surface area contributed by atoms with E-state index in [0.29, 0.717) is 19.4 Å². The molecule has 0 bridgehead atoms. The van der Waals surface area contributed by atoms with Crippen molar-refractivity contribution in [2.75, 3.05) is 11.9 Å². The number of carbonyl (C=O) groups excluding carboxylic acids is 1. The summed E-state index contributed by atoms with van der Waals surface area (Å²) < 4.78 is 44.4. The fourth-order valence-electron chi connectivity index (χ4n) is 1.91. The highest BCUT2D eigenvalue weighted by atomic mass is 19.2. The molecular weight excluding hydrogens is 261 g/mol. The molecule has 2 unspecified atom stereocenters. The molecule has 0 saturated carbocycles. The van der Waals surface area contributed by atoms with Crippen LogP contribution in [0.5, 0.6) is 0 Å². The maximum Gasteiger partial charge on any atom is 0.253 e. The van der Waals surface area contributed by atoms with Crippen molar-refractivity contribution in [1.29, 1.82) is 0 Å². The molecule has 0 aromatic heterocycles. The fourth-order valence-corrected chi connectivity index (χ4v) is 1.91. The zero-order valence-electron chi connectivity index (χ0n) is 9.96. The standard InChI is InChI=1S/C12H13F3N2O2/c13-7-2-3-8(11(15)10(7)14)17-12(18)9-4-1-6(5-16)19-9/h2-3,6,9H,1,4-5,16H2,(H,17,18). The largest absolute Gasteiger partial charge is 0.364 e. The summed E-state index contributed by atoms with van der Waals surface area (Å²) in [5.41, 5.74) is 4.99. The Morgan fingerprint density at radius 2 is 2.05 bits per heavy atom. The Labute approximate surface area is 107 Å². The first-order valence-corrected chi connectivity index (χ1v) is 5.82. The number of nitrogens with two attached hydrogens (primary N) is 1. The number of carbonyl (C=O) groups is 1. The van der Waals surface area contributed by atoms with Crippen molar-refractivity contribution in [2.24, 2.45) is 5.73 Å². The monoisotopic (exact) mass is 274 g/mol. The SMILES string of the molecule is NCC1CCC(C(=O)Nc2ccc(F)c(F)c2F)O1.